The largest absolute Gasteiger partial charge is 0.227 e. The van der Waals surface area contributed by atoms with Gasteiger partial charge in [-0.05, 0) is 22.3 Å². The molecule has 3 rings (SSSR count). The van der Waals surface area contributed by atoms with Crippen LogP contribution in [0.15, 0.2) is 42.5 Å². The van der Waals surface area contributed by atoms with Crippen LogP contribution in [0.2, 0.25) is 0 Å². The fourth-order valence-electron chi connectivity index (χ4n) is 2.64. The molecule has 1 aliphatic rings. The van der Waals surface area contributed by atoms with E-state index < -0.39 is 14.2 Å². The molecule has 1 atom stereocenters. The molecule has 2 aromatic carbocycles. The molecule has 0 saturated heterocycles. The molecular weight excluding hydrogens is 373 g/mol. The van der Waals surface area contributed by atoms with Gasteiger partial charge in [-0.15, -0.1) is 0 Å². The van der Waals surface area contributed by atoms with E-state index in [9.17, 15) is 5.11 Å². The summed E-state index contributed by atoms with van der Waals surface area (Å²) in [5.41, 5.74) is 3.12. The Labute approximate surface area is 147 Å². The molecule has 0 saturated carbocycles. The van der Waals surface area contributed by atoms with Crippen molar-refractivity contribution in [1.82, 2.24) is 0 Å². The van der Waals surface area contributed by atoms with E-state index in [2.05, 4.69) is 0 Å². The molecule has 0 amide bonds. The Morgan fingerprint density at radius 2 is 1.43 bits per heavy atom. The Balaban J connectivity index is 2.27. The smallest absolute Gasteiger partial charge is 0.223 e. The van der Waals surface area contributed by atoms with Crippen molar-refractivity contribution in [2.45, 2.75) is 14.2 Å². The molecule has 0 aromatic heterocycles. The Morgan fingerprint density at radius 1 is 0.810 bits per heavy atom. The first-order valence-electron chi connectivity index (χ1n) is 6.08. The fourth-order valence-corrected chi connectivity index (χ4v) is 3.27. The Hall–Kier alpha value is -0.150. The lowest BCUT2D eigenvalue weighted by molar-refractivity contribution is 0.127. The standard InChI is InChI=1S/C15H8Cl5O/c16-14(17,15(18,19)20)11-7-3-6-9-8-4-1-2-5-10(8)13(21)12(9)11/h1-7,13H. The van der Waals surface area contributed by atoms with Crippen molar-refractivity contribution in [3.63, 3.8) is 0 Å². The van der Waals surface area contributed by atoms with Crippen molar-refractivity contribution in [1.29, 1.82) is 0 Å². The van der Waals surface area contributed by atoms with Gasteiger partial charge in [0.2, 0.25) is 3.79 Å². The van der Waals surface area contributed by atoms with E-state index in [0.717, 1.165) is 11.1 Å². The number of hydrogen-bond acceptors (Lipinski definition) is 0. The maximum atomic E-state index is 12.7. The van der Waals surface area contributed by atoms with Gasteiger partial charge >= 0.3 is 0 Å². The second-order valence-corrected chi connectivity index (χ2v) is 8.41. The average Bonchev–Trinajstić information content (AvgIpc) is 2.72. The summed E-state index contributed by atoms with van der Waals surface area (Å²) in [6.07, 6.45) is -1.10. The minimum atomic E-state index is -1.96. The zero-order valence-electron chi connectivity index (χ0n) is 10.4. The van der Waals surface area contributed by atoms with Crippen LogP contribution in [0.1, 0.15) is 22.8 Å². The number of halogens is 5. The van der Waals surface area contributed by atoms with Crippen molar-refractivity contribution in [3.05, 3.63) is 59.2 Å². The highest BCUT2D eigenvalue weighted by Gasteiger charge is 2.50. The molecule has 6 heteroatoms. The van der Waals surface area contributed by atoms with Gasteiger partial charge in [0.25, 0.3) is 0 Å². The zero-order valence-corrected chi connectivity index (χ0v) is 14.2. The fraction of sp³-hybridized carbons (Fsp3) is 0.200. The summed E-state index contributed by atoms with van der Waals surface area (Å²) in [5, 5.41) is 12.7. The van der Waals surface area contributed by atoms with Gasteiger partial charge in [-0.1, -0.05) is 100 Å². The molecule has 0 spiro atoms. The number of alkyl halides is 5. The highest BCUT2D eigenvalue weighted by molar-refractivity contribution is 6.75. The maximum Gasteiger partial charge on any atom is 0.227 e. The first kappa shape index (κ1) is 15.7. The Bertz CT molecular complexity index is 705. The van der Waals surface area contributed by atoms with E-state index in [1.54, 1.807) is 18.2 Å². The first-order valence-corrected chi connectivity index (χ1v) is 7.97. The van der Waals surface area contributed by atoms with Gasteiger partial charge in [-0.25, -0.2) is 5.11 Å². The summed E-state index contributed by atoms with van der Waals surface area (Å²) in [6.45, 7) is 0. The molecule has 109 valence electrons. The number of fused-ring (bicyclic) bond motifs is 3. The van der Waals surface area contributed by atoms with Crippen molar-refractivity contribution < 1.29 is 5.11 Å². The van der Waals surface area contributed by atoms with Crippen LogP contribution in [0.4, 0.5) is 0 Å². The predicted molar refractivity (Wildman–Crippen MR) is 88.1 cm³/mol. The molecule has 0 fully saturated rings. The molecule has 0 N–H and O–H groups in total. The lowest BCUT2D eigenvalue weighted by Crippen LogP contribution is -2.29. The van der Waals surface area contributed by atoms with Crippen LogP contribution in [0.5, 0.6) is 0 Å². The zero-order chi connectivity index (χ0) is 15.4. The highest BCUT2D eigenvalue weighted by atomic mass is 35.6. The van der Waals surface area contributed by atoms with E-state index >= 15 is 0 Å². The minimum Gasteiger partial charge on any atom is -0.223 e. The van der Waals surface area contributed by atoms with Gasteiger partial charge in [-0.3, -0.25) is 0 Å². The van der Waals surface area contributed by atoms with Gasteiger partial charge in [0, 0.05) is 5.56 Å². The van der Waals surface area contributed by atoms with E-state index in [1.807, 2.05) is 24.3 Å². The molecule has 0 bridgehead atoms. The monoisotopic (exact) mass is 379 g/mol. The van der Waals surface area contributed by atoms with Crippen molar-refractivity contribution in [2.75, 3.05) is 0 Å². The van der Waals surface area contributed by atoms with E-state index in [1.165, 1.54) is 0 Å². The predicted octanol–water partition coefficient (Wildman–Crippen LogP) is 6.19. The van der Waals surface area contributed by atoms with Gasteiger partial charge in [0.05, 0.1) is 0 Å². The third-order valence-electron chi connectivity index (χ3n) is 3.60. The molecular formula is C15H8Cl5O. The SMILES string of the molecule is [O]C1c2ccccc2-c2cccc(C(Cl)(Cl)C(Cl)(Cl)Cl)c21. The molecule has 1 nitrogen and oxygen atoms in total. The molecule has 1 radical (unpaired) electrons. The van der Waals surface area contributed by atoms with Crippen molar-refractivity contribution in [3.8, 4) is 11.1 Å². The van der Waals surface area contributed by atoms with Crippen molar-refractivity contribution in [2.24, 2.45) is 0 Å². The Morgan fingerprint density at radius 3 is 2.10 bits per heavy atom. The molecule has 2 aromatic rings. The van der Waals surface area contributed by atoms with Crippen LogP contribution >= 0.6 is 58.0 Å². The summed E-state index contributed by atoms with van der Waals surface area (Å²) in [4.78, 5) is 0. The number of benzene rings is 2. The summed E-state index contributed by atoms with van der Waals surface area (Å²) >= 11 is 30.2. The van der Waals surface area contributed by atoms with Gasteiger partial charge in [0.1, 0.15) is 6.10 Å². The van der Waals surface area contributed by atoms with Gasteiger partial charge in [-0.2, -0.15) is 0 Å². The average molecular weight is 381 g/mol. The number of rotatable bonds is 1. The van der Waals surface area contributed by atoms with E-state index in [0.29, 0.717) is 16.7 Å². The van der Waals surface area contributed by atoms with Crippen LogP contribution in [0, 0.1) is 0 Å². The Kier molecular flexibility index (Phi) is 3.89. The quantitative estimate of drug-likeness (QED) is 0.525. The van der Waals surface area contributed by atoms with E-state index in [4.69, 9.17) is 58.0 Å². The summed E-state index contributed by atoms with van der Waals surface area (Å²) in [6, 6.07) is 12.6. The molecule has 1 aliphatic carbocycles. The van der Waals surface area contributed by atoms with Crippen LogP contribution in [0.25, 0.3) is 11.1 Å². The third-order valence-corrected chi connectivity index (χ3v) is 6.00. The highest BCUT2D eigenvalue weighted by Crippen LogP contribution is 2.57. The second-order valence-electron chi connectivity index (χ2n) is 4.81. The van der Waals surface area contributed by atoms with Crippen LogP contribution < -0.4 is 0 Å². The maximum absolute atomic E-state index is 12.7. The second kappa shape index (κ2) is 5.19. The normalized spacial score (nSPS) is 17.5. The third kappa shape index (κ3) is 2.35. The molecule has 0 heterocycles. The number of hydrogen-bond donors (Lipinski definition) is 0. The van der Waals surface area contributed by atoms with Crippen molar-refractivity contribution >= 4 is 58.0 Å². The molecule has 0 aliphatic heterocycles. The summed E-state index contributed by atoms with van der Waals surface area (Å²) in [5.74, 6) is 0. The van der Waals surface area contributed by atoms with E-state index in [-0.39, 0.29) is 0 Å². The van der Waals surface area contributed by atoms with Crippen LogP contribution in [0.3, 0.4) is 0 Å². The lowest BCUT2D eigenvalue weighted by atomic mass is 9.98. The minimum absolute atomic E-state index is 0.333. The topological polar surface area (TPSA) is 19.9 Å². The van der Waals surface area contributed by atoms with Crippen LogP contribution in [-0.2, 0) is 9.44 Å². The van der Waals surface area contributed by atoms with Gasteiger partial charge < -0.3 is 0 Å². The molecule has 1 unspecified atom stereocenters. The molecule has 21 heavy (non-hydrogen) atoms. The lowest BCUT2D eigenvalue weighted by Gasteiger charge is -2.30. The first-order chi connectivity index (χ1) is 9.75. The van der Waals surface area contributed by atoms with Gasteiger partial charge in [0.15, 0.2) is 4.33 Å². The summed E-state index contributed by atoms with van der Waals surface area (Å²) in [7, 11) is 0. The van der Waals surface area contributed by atoms with Crippen LogP contribution in [-0.4, -0.2) is 3.79 Å². The summed E-state index contributed by atoms with van der Waals surface area (Å²) < 4.78 is -3.77.